The minimum Gasteiger partial charge on any atom is -0.497 e. The highest BCUT2D eigenvalue weighted by Gasteiger charge is 2.10. The maximum atomic E-state index is 5.37. The van der Waals surface area contributed by atoms with Crippen molar-refractivity contribution < 1.29 is 13.9 Å². The van der Waals surface area contributed by atoms with Crippen LogP contribution in [0.25, 0.3) is 0 Å². The molecule has 0 saturated carbocycles. The molecule has 100 valence electrons. The molecule has 0 fully saturated rings. The summed E-state index contributed by atoms with van der Waals surface area (Å²) in [5.41, 5.74) is 0.795. The second-order valence-corrected chi connectivity index (χ2v) is 4.24. The zero-order valence-corrected chi connectivity index (χ0v) is 11.6. The molecule has 19 heavy (non-hydrogen) atoms. The predicted octanol–water partition coefficient (Wildman–Crippen LogP) is 2.76. The molecular weight excluding hydrogens is 262 g/mol. The summed E-state index contributed by atoms with van der Waals surface area (Å²) in [5.74, 6) is 2.26. The number of nitrogens with one attached hydrogen (secondary N) is 1. The highest BCUT2D eigenvalue weighted by molar-refractivity contribution is 7.80. The summed E-state index contributed by atoms with van der Waals surface area (Å²) in [4.78, 5) is 0.590. The maximum absolute atomic E-state index is 5.37. The van der Waals surface area contributed by atoms with E-state index in [1.807, 2.05) is 30.3 Å². The molecule has 0 unspecified atom stereocenters. The first-order valence-corrected chi connectivity index (χ1v) is 6.18. The number of hydrogen-bond acceptors (Lipinski definition) is 4. The number of thiocarbonyl (C=S) groups is 1. The van der Waals surface area contributed by atoms with Crippen LogP contribution < -0.4 is 14.8 Å². The van der Waals surface area contributed by atoms with Crippen LogP contribution in [0.2, 0.25) is 0 Å². The number of furan rings is 1. The van der Waals surface area contributed by atoms with Gasteiger partial charge in [-0.05, 0) is 30.3 Å². The Morgan fingerprint density at radius 1 is 1.26 bits per heavy atom. The fourth-order valence-corrected chi connectivity index (χ4v) is 1.90. The smallest absolute Gasteiger partial charge is 0.129 e. The van der Waals surface area contributed by atoms with Gasteiger partial charge in [-0.1, -0.05) is 12.2 Å². The molecular formula is C14H15NO3S. The van der Waals surface area contributed by atoms with Crippen molar-refractivity contribution in [1.82, 2.24) is 5.32 Å². The molecule has 0 amide bonds. The van der Waals surface area contributed by atoms with E-state index in [0.717, 1.165) is 17.1 Å². The fourth-order valence-electron chi connectivity index (χ4n) is 1.67. The van der Waals surface area contributed by atoms with E-state index < -0.39 is 0 Å². The molecule has 0 aliphatic carbocycles. The third-order valence-corrected chi connectivity index (χ3v) is 3.02. The Bertz CT molecular complexity index is 552. The number of hydrogen-bond donors (Lipinski definition) is 1. The van der Waals surface area contributed by atoms with Crippen LogP contribution in [0.1, 0.15) is 11.3 Å². The normalized spacial score (nSPS) is 10.0. The van der Waals surface area contributed by atoms with Crippen molar-refractivity contribution in [2.75, 3.05) is 14.2 Å². The van der Waals surface area contributed by atoms with Crippen molar-refractivity contribution in [2.45, 2.75) is 6.54 Å². The fraction of sp³-hybridized carbons (Fsp3) is 0.214. The first kappa shape index (κ1) is 13.4. The minimum atomic E-state index is 0.534. The Kier molecular flexibility index (Phi) is 4.41. The molecule has 1 heterocycles. The molecule has 0 radical (unpaired) electrons. The molecule has 0 aliphatic rings. The van der Waals surface area contributed by atoms with Gasteiger partial charge in [0.05, 0.1) is 32.6 Å². The molecule has 2 aromatic rings. The average Bonchev–Trinajstić information content (AvgIpc) is 2.97. The van der Waals surface area contributed by atoms with Crippen molar-refractivity contribution in [3.05, 3.63) is 47.9 Å². The average molecular weight is 277 g/mol. The van der Waals surface area contributed by atoms with Crippen LogP contribution in [-0.4, -0.2) is 19.2 Å². The summed E-state index contributed by atoms with van der Waals surface area (Å²) < 4.78 is 15.7. The van der Waals surface area contributed by atoms with E-state index >= 15 is 0 Å². The monoisotopic (exact) mass is 277 g/mol. The molecule has 4 nitrogen and oxygen atoms in total. The van der Waals surface area contributed by atoms with Crippen molar-refractivity contribution in [3.63, 3.8) is 0 Å². The first-order valence-electron chi connectivity index (χ1n) is 5.77. The summed E-state index contributed by atoms with van der Waals surface area (Å²) in [6, 6.07) is 9.23. The van der Waals surface area contributed by atoms with Gasteiger partial charge >= 0.3 is 0 Å². The largest absolute Gasteiger partial charge is 0.497 e. The van der Waals surface area contributed by atoms with E-state index in [0.29, 0.717) is 17.3 Å². The highest BCUT2D eigenvalue weighted by atomic mass is 32.1. The Balaban J connectivity index is 2.12. The van der Waals surface area contributed by atoms with E-state index in [2.05, 4.69) is 5.32 Å². The lowest BCUT2D eigenvalue weighted by Gasteiger charge is -2.12. The molecule has 1 aromatic carbocycles. The van der Waals surface area contributed by atoms with Crippen LogP contribution in [-0.2, 0) is 6.54 Å². The topological polar surface area (TPSA) is 43.6 Å². The summed E-state index contributed by atoms with van der Waals surface area (Å²) in [6.45, 7) is 0.534. The van der Waals surface area contributed by atoms with Crippen LogP contribution in [0.5, 0.6) is 11.5 Å². The van der Waals surface area contributed by atoms with Crippen LogP contribution >= 0.6 is 12.2 Å². The van der Waals surface area contributed by atoms with Crippen molar-refractivity contribution in [2.24, 2.45) is 0 Å². The second-order valence-electron chi connectivity index (χ2n) is 3.83. The summed E-state index contributed by atoms with van der Waals surface area (Å²) in [7, 11) is 3.23. The van der Waals surface area contributed by atoms with E-state index in [1.54, 1.807) is 20.5 Å². The molecule has 5 heteroatoms. The molecule has 0 bridgehead atoms. The van der Waals surface area contributed by atoms with E-state index in [-0.39, 0.29) is 0 Å². The Morgan fingerprint density at radius 2 is 2.11 bits per heavy atom. The SMILES string of the molecule is COc1ccc(OC)c(C(=S)NCc2ccco2)c1. The molecule has 0 saturated heterocycles. The number of rotatable bonds is 5. The lowest BCUT2D eigenvalue weighted by Crippen LogP contribution is -2.22. The molecule has 0 aliphatic heterocycles. The van der Waals surface area contributed by atoms with E-state index in [9.17, 15) is 0 Å². The van der Waals surface area contributed by atoms with Crippen molar-refractivity contribution in [3.8, 4) is 11.5 Å². The predicted molar refractivity (Wildman–Crippen MR) is 76.8 cm³/mol. The quantitative estimate of drug-likeness (QED) is 0.851. The lowest BCUT2D eigenvalue weighted by atomic mass is 10.2. The molecule has 0 spiro atoms. The summed E-state index contributed by atoms with van der Waals surface area (Å²) in [6.07, 6.45) is 1.63. The van der Waals surface area contributed by atoms with Gasteiger partial charge in [0.15, 0.2) is 0 Å². The third-order valence-electron chi connectivity index (χ3n) is 2.65. The van der Waals surface area contributed by atoms with E-state index in [1.165, 1.54) is 0 Å². The first-order chi connectivity index (χ1) is 9.24. The van der Waals surface area contributed by atoms with Crippen LogP contribution in [0.4, 0.5) is 0 Å². The Labute approximate surface area is 117 Å². The minimum absolute atomic E-state index is 0.534. The van der Waals surface area contributed by atoms with Gasteiger partial charge in [-0.2, -0.15) is 0 Å². The zero-order chi connectivity index (χ0) is 13.7. The van der Waals surface area contributed by atoms with Gasteiger partial charge in [0.1, 0.15) is 22.2 Å². The summed E-state index contributed by atoms with van der Waals surface area (Å²) >= 11 is 5.37. The van der Waals surface area contributed by atoms with Gasteiger partial charge in [0.2, 0.25) is 0 Å². The molecule has 0 atom stereocenters. The second kappa shape index (κ2) is 6.24. The number of ether oxygens (including phenoxy) is 2. The van der Waals surface area contributed by atoms with Crippen LogP contribution in [0.15, 0.2) is 41.0 Å². The molecule has 2 rings (SSSR count). The van der Waals surface area contributed by atoms with Crippen LogP contribution in [0, 0.1) is 0 Å². The number of methoxy groups -OCH3 is 2. The van der Waals surface area contributed by atoms with Crippen LogP contribution in [0.3, 0.4) is 0 Å². The Hall–Kier alpha value is -2.01. The van der Waals surface area contributed by atoms with Gasteiger partial charge in [0, 0.05) is 0 Å². The lowest BCUT2D eigenvalue weighted by molar-refractivity contribution is 0.402. The molecule has 1 N–H and O–H groups in total. The summed E-state index contributed by atoms with van der Waals surface area (Å²) in [5, 5.41) is 3.13. The standard InChI is InChI=1S/C14H15NO3S/c1-16-10-5-6-13(17-2)12(8-10)14(19)15-9-11-4-3-7-18-11/h3-8H,9H2,1-2H3,(H,15,19). The maximum Gasteiger partial charge on any atom is 0.129 e. The Morgan fingerprint density at radius 3 is 2.74 bits per heavy atom. The molecule has 1 aromatic heterocycles. The van der Waals surface area contributed by atoms with Crippen molar-refractivity contribution in [1.29, 1.82) is 0 Å². The zero-order valence-electron chi connectivity index (χ0n) is 10.8. The third kappa shape index (κ3) is 3.26. The highest BCUT2D eigenvalue weighted by Crippen LogP contribution is 2.24. The van der Waals surface area contributed by atoms with Gasteiger partial charge in [-0.25, -0.2) is 0 Å². The van der Waals surface area contributed by atoms with E-state index in [4.69, 9.17) is 26.1 Å². The number of benzene rings is 1. The van der Waals surface area contributed by atoms with Crippen molar-refractivity contribution >= 4 is 17.2 Å². The van der Waals surface area contributed by atoms with Gasteiger partial charge in [-0.3, -0.25) is 0 Å². The van der Waals surface area contributed by atoms with Gasteiger partial charge in [0.25, 0.3) is 0 Å². The van der Waals surface area contributed by atoms with Gasteiger partial charge < -0.3 is 19.2 Å². The van der Waals surface area contributed by atoms with Gasteiger partial charge in [-0.15, -0.1) is 0 Å².